The zero-order valence-corrected chi connectivity index (χ0v) is 15.0. The molecular weight excluding hydrogens is 369 g/mol. The predicted octanol–water partition coefficient (Wildman–Crippen LogP) is 3.38. The minimum absolute atomic E-state index is 0. The zero-order valence-electron chi connectivity index (χ0n) is 11.9. The molecule has 0 aliphatic carbocycles. The highest BCUT2D eigenvalue weighted by Crippen LogP contribution is 2.27. The molecule has 5 heteroatoms. The Bertz CT molecular complexity index is 385. The molecule has 0 amide bonds. The highest BCUT2D eigenvalue weighted by molar-refractivity contribution is 14.0. The lowest BCUT2D eigenvalue weighted by molar-refractivity contribution is 0.549. The van der Waals surface area contributed by atoms with Crippen molar-refractivity contribution < 1.29 is 0 Å². The Morgan fingerprint density at radius 1 is 1.47 bits per heavy atom. The van der Waals surface area contributed by atoms with Gasteiger partial charge >= 0.3 is 0 Å². The molecule has 0 saturated carbocycles. The van der Waals surface area contributed by atoms with Crippen molar-refractivity contribution in [1.82, 2.24) is 10.6 Å². The van der Waals surface area contributed by atoms with E-state index in [9.17, 15) is 0 Å². The molecule has 2 N–H and O–H groups in total. The molecule has 0 spiro atoms. The fourth-order valence-electron chi connectivity index (χ4n) is 1.53. The minimum atomic E-state index is 0. The van der Waals surface area contributed by atoms with Crippen LogP contribution in [-0.2, 0) is 5.41 Å². The fourth-order valence-corrected chi connectivity index (χ4v) is 2.37. The summed E-state index contributed by atoms with van der Waals surface area (Å²) in [6.07, 6.45) is 1.83. The zero-order chi connectivity index (χ0) is 13.4. The van der Waals surface area contributed by atoms with Crippen molar-refractivity contribution in [3.63, 3.8) is 0 Å². The highest BCUT2D eigenvalue weighted by atomic mass is 127. The number of hydrogen-bond donors (Lipinski definition) is 2. The predicted molar refractivity (Wildman–Crippen MR) is 96.9 cm³/mol. The fraction of sp³-hybridized carbons (Fsp3) is 0.500. The van der Waals surface area contributed by atoms with Gasteiger partial charge in [-0.2, -0.15) is 0 Å². The molecule has 19 heavy (non-hydrogen) atoms. The van der Waals surface area contributed by atoms with Gasteiger partial charge in [0.15, 0.2) is 5.96 Å². The standard InChI is InChI=1S/C14H23N3S.HI/c1-5-9-16-13(15-6-2)17-11-14(3,4)12-8-7-10-18-12;/h5,7-8,10H,1,6,9,11H2,2-4H3,(H2,15,16,17);1H. The van der Waals surface area contributed by atoms with Crippen LogP contribution in [0.1, 0.15) is 25.6 Å². The lowest BCUT2D eigenvalue weighted by Crippen LogP contribution is -2.38. The maximum atomic E-state index is 4.63. The average Bonchev–Trinajstić information content (AvgIpc) is 2.87. The molecule has 108 valence electrons. The summed E-state index contributed by atoms with van der Waals surface area (Å²) < 4.78 is 0. The lowest BCUT2D eigenvalue weighted by Gasteiger charge is -2.21. The van der Waals surface area contributed by atoms with Crippen molar-refractivity contribution in [2.45, 2.75) is 26.2 Å². The largest absolute Gasteiger partial charge is 0.357 e. The Balaban J connectivity index is 0.00000324. The van der Waals surface area contributed by atoms with Crippen molar-refractivity contribution in [3.05, 3.63) is 35.0 Å². The van der Waals surface area contributed by atoms with E-state index >= 15 is 0 Å². The Morgan fingerprint density at radius 3 is 2.74 bits per heavy atom. The summed E-state index contributed by atoms with van der Waals surface area (Å²) in [7, 11) is 0. The van der Waals surface area contributed by atoms with E-state index in [1.54, 1.807) is 11.3 Å². The quantitative estimate of drug-likeness (QED) is 0.337. The van der Waals surface area contributed by atoms with Gasteiger partial charge in [0.1, 0.15) is 0 Å². The van der Waals surface area contributed by atoms with E-state index < -0.39 is 0 Å². The van der Waals surface area contributed by atoms with Crippen LogP contribution in [0.3, 0.4) is 0 Å². The Labute approximate surface area is 137 Å². The first-order chi connectivity index (χ1) is 8.60. The summed E-state index contributed by atoms with van der Waals surface area (Å²) in [5, 5.41) is 8.56. The summed E-state index contributed by atoms with van der Waals surface area (Å²) in [5.74, 6) is 0.849. The molecule has 0 aromatic carbocycles. The van der Waals surface area contributed by atoms with Crippen LogP contribution >= 0.6 is 35.3 Å². The third-order valence-corrected chi connectivity index (χ3v) is 3.81. The van der Waals surface area contributed by atoms with Gasteiger partial charge in [0, 0.05) is 23.4 Å². The first-order valence-electron chi connectivity index (χ1n) is 6.27. The molecule has 0 aliphatic rings. The maximum absolute atomic E-state index is 4.63. The average molecular weight is 393 g/mol. The van der Waals surface area contributed by atoms with Crippen LogP contribution in [0.25, 0.3) is 0 Å². The second kappa shape index (κ2) is 9.36. The Morgan fingerprint density at radius 2 is 2.21 bits per heavy atom. The van der Waals surface area contributed by atoms with Gasteiger partial charge in [0.05, 0.1) is 6.54 Å². The van der Waals surface area contributed by atoms with Crippen LogP contribution in [0.2, 0.25) is 0 Å². The second-order valence-electron chi connectivity index (χ2n) is 4.73. The molecule has 3 nitrogen and oxygen atoms in total. The van der Waals surface area contributed by atoms with Gasteiger partial charge in [0.2, 0.25) is 0 Å². The molecule has 0 fully saturated rings. The van der Waals surface area contributed by atoms with Gasteiger partial charge in [-0.1, -0.05) is 26.0 Å². The number of nitrogens with one attached hydrogen (secondary N) is 2. The lowest BCUT2D eigenvalue weighted by atomic mass is 9.92. The summed E-state index contributed by atoms with van der Waals surface area (Å²) in [5.41, 5.74) is 0.0741. The summed E-state index contributed by atoms with van der Waals surface area (Å²) in [6.45, 7) is 12.6. The van der Waals surface area contributed by atoms with E-state index in [0.29, 0.717) is 0 Å². The van der Waals surface area contributed by atoms with Crippen molar-refractivity contribution in [1.29, 1.82) is 0 Å². The minimum Gasteiger partial charge on any atom is -0.357 e. The first kappa shape index (κ1) is 18.4. The van der Waals surface area contributed by atoms with E-state index in [1.807, 2.05) is 6.08 Å². The number of hydrogen-bond acceptors (Lipinski definition) is 2. The number of rotatable bonds is 6. The van der Waals surface area contributed by atoms with Crippen LogP contribution in [0.15, 0.2) is 35.2 Å². The number of aliphatic imine (C=N–C) groups is 1. The molecular formula is C14H24IN3S. The molecule has 1 heterocycles. The molecule has 0 radical (unpaired) electrons. The molecule has 1 rings (SSSR count). The van der Waals surface area contributed by atoms with Crippen molar-refractivity contribution >= 4 is 41.3 Å². The van der Waals surface area contributed by atoms with Crippen molar-refractivity contribution in [2.75, 3.05) is 19.6 Å². The SMILES string of the molecule is C=CCNC(=NCC(C)(C)c1cccs1)NCC.I. The van der Waals surface area contributed by atoms with Gasteiger partial charge in [-0.3, -0.25) is 4.99 Å². The van der Waals surface area contributed by atoms with Crippen molar-refractivity contribution in [3.8, 4) is 0 Å². The van der Waals surface area contributed by atoms with E-state index in [0.717, 1.165) is 25.6 Å². The molecule has 0 bridgehead atoms. The topological polar surface area (TPSA) is 36.4 Å². The number of nitrogens with zero attached hydrogens (tertiary/aromatic N) is 1. The maximum Gasteiger partial charge on any atom is 0.191 e. The van der Waals surface area contributed by atoms with Crippen LogP contribution in [0.4, 0.5) is 0 Å². The van der Waals surface area contributed by atoms with E-state index in [1.165, 1.54) is 4.88 Å². The Kier molecular flexibility index (Phi) is 9.08. The first-order valence-corrected chi connectivity index (χ1v) is 7.15. The molecule has 0 saturated heterocycles. The van der Waals surface area contributed by atoms with E-state index in [-0.39, 0.29) is 29.4 Å². The van der Waals surface area contributed by atoms with E-state index in [2.05, 4.69) is 60.5 Å². The third-order valence-electron chi connectivity index (χ3n) is 2.58. The number of guanidine groups is 1. The summed E-state index contributed by atoms with van der Waals surface area (Å²) >= 11 is 1.79. The van der Waals surface area contributed by atoms with Gasteiger partial charge in [0.25, 0.3) is 0 Å². The van der Waals surface area contributed by atoms with Gasteiger partial charge in [-0.15, -0.1) is 41.9 Å². The van der Waals surface area contributed by atoms with Crippen LogP contribution in [0.5, 0.6) is 0 Å². The molecule has 0 unspecified atom stereocenters. The van der Waals surface area contributed by atoms with Gasteiger partial charge < -0.3 is 10.6 Å². The van der Waals surface area contributed by atoms with E-state index in [4.69, 9.17) is 0 Å². The molecule has 1 aromatic rings. The molecule has 0 aliphatic heterocycles. The van der Waals surface area contributed by atoms with Crippen molar-refractivity contribution in [2.24, 2.45) is 4.99 Å². The summed E-state index contributed by atoms with van der Waals surface area (Å²) in [6, 6.07) is 4.26. The van der Waals surface area contributed by atoms with Crippen LogP contribution in [0, 0.1) is 0 Å². The third kappa shape index (κ3) is 6.42. The Hall–Kier alpha value is -0.560. The molecule has 0 atom stereocenters. The smallest absolute Gasteiger partial charge is 0.191 e. The summed E-state index contributed by atoms with van der Waals surface area (Å²) in [4.78, 5) is 6.00. The normalized spacial score (nSPS) is 11.6. The van der Waals surface area contributed by atoms with Gasteiger partial charge in [-0.25, -0.2) is 0 Å². The monoisotopic (exact) mass is 393 g/mol. The van der Waals surface area contributed by atoms with Gasteiger partial charge in [-0.05, 0) is 18.4 Å². The number of halogens is 1. The highest BCUT2D eigenvalue weighted by Gasteiger charge is 2.21. The second-order valence-corrected chi connectivity index (χ2v) is 5.67. The van der Waals surface area contributed by atoms with Crippen LogP contribution in [-0.4, -0.2) is 25.6 Å². The molecule has 1 aromatic heterocycles. The van der Waals surface area contributed by atoms with Crippen LogP contribution < -0.4 is 10.6 Å². The number of thiophene rings is 1.